The number of rotatable bonds is 7. The Morgan fingerprint density at radius 2 is 1.75 bits per heavy atom. The molecule has 7 nitrogen and oxygen atoms in total. The molecule has 2 saturated carbocycles. The molecule has 2 heterocycles. The maximum atomic E-state index is 5.41. The highest BCUT2D eigenvalue weighted by atomic mass is 15.3. The molecule has 7 heteroatoms. The van der Waals surface area contributed by atoms with E-state index in [1.807, 2.05) is 30.3 Å². The molecule has 0 aliphatic heterocycles. The van der Waals surface area contributed by atoms with Crippen molar-refractivity contribution in [3.05, 3.63) is 53.0 Å². The highest BCUT2D eigenvalue weighted by Crippen LogP contribution is 2.40. The third kappa shape index (κ3) is 3.81. The summed E-state index contributed by atoms with van der Waals surface area (Å²) in [6.07, 6.45) is 10.1. The van der Waals surface area contributed by atoms with Crippen molar-refractivity contribution in [3.63, 3.8) is 0 Å². The van der Waals surface area contributed by atoms with Gasteiger partial charge in [0.1, 0.15) is 5.82 Å². The number of nitrogens with zero attached hydrogens (tertiary/aromatic N) is 4. The van der Waals surface area contributed by atoms with E-state index in [1.54, 1.807) is 0 Å². The van der Waals surface area contributed by atoms with Gasteiger partial charge in [0, 0.05) is 35.7 Å². The monoisotopic (exact) mass is 371 g/mol. The molecule has 2 aromatic heterocycles. The topological polar surface area (TPSA) is 91.4 Å². The molecule has 1 aromatic carbocycles. The lowest BCUT2D eigenvalue weighted by Gasteiger charge is -2.09. The molecule has 0 bridgehead atoms. The Kier molecular flexibility index (Phi) is 4.17. The fourth-order valence-electron chi connectivity index (χ4n) is 3.07. The molecule has 3 N–H and O–H groups in total. The molecule has 28 heavy (non-hydrogen) atoms. The highest BCUT2D eigenvalue weighted by molar-refractivity contribution is 5.50. The van der Waals surface area contributed by atoms with Gasteiger partial charge in [-0.05, 0) is 43.4 Å². The molecule has 0 amide bonds. The van der Waals surface area contributed by atoms with Crippen LogP contribution in [0.1, 0.15) is 60.2 Å². The quantitative estimate of drug-likeness (QED) is 0.549. The second kappa shape index (κ2) is 6.97. The third-order valence-corrected chi connectivity index (χ3v) is 5.02. The zero-order valence-electron chi connectivity index (χ0n) is 15.4. The Hall–Kier alpha value is -3.40. The van der Waals surface area contributed by atoms with E-state index >= 15 is 0 Å². The summed E-state index contributed by atoms with van der Waals surface area (Å²) in [5, 5.41) is 13.9. The zero-order valence-corrected chi connectivity index (χ0v) is 15.4. The summed E-state index contributed by atoms with van der Waals surface area (Å²) < 4.78 is 0. The number of terminal acetylenes is 1. The Bertz CT molecular complexity index is 1020. The Morgan fingerprint density at radius 3 is 2.46 bits per heavy atom. The minimum atomic E-state index is 0.431. The van der Waals surface area contributed by atoms with E-state index in [-0.39, 0.29) is 0 Å². The number of aromatic nitrogens is 5. The SMILES string of the molecule is C#Cc1ccc(CNc2nc(Nc3cc(C4CC4)[nH]n3)nc(C3CC3)n2)cc1. The fourth-order valence-corrected chi connectivity index (χ4v) is 3.07. The number of anilines is 3. The van der Waals surface area contributed by atoms with Crippen LogP contribution in [0.15, 0.2) is 30.3 Å². The van der Waals surface area contributed by atoms with Crippen LogP contribution in [-0.2, 0) is 6.54 Å². The van der Waals surface area contributed by atoms with Gasteiger partial charge in [-0.1, -0.05) is 18.1 Å². The molecule has 0 spiro atoms. The van der Waals surface area contributed by atoms with Crippen molar-refractivity contribution >= 4 is 17.7 Å². The Morgan fingerprint density at radius 1 is 1.00 bits per heavy atom. The van der Waals surface area contributed by atoms with Crippen molar-refractivity contribution in [1.82, 2.24) is 25.1 Å². The molecule has 0 saturated heterocycles. The van der Waals surface area contributed by atoms with Crippen LogP contribution in [0, 0.1) is 12.3 Å². The van der Waals surface area contributed by atoms with Crippen molar-refractivity contribution in [1.29, 1.82) is 0 Å². The first-order valence-corrected chi connectivity index (χ1v) is 9.64. The highest BCUT2D eigenvalue weighted by Gasteiger charge is 2.28. The van der Waals surface area contributed by atoms with Crippen LogP contribution < -0.4 is 10.6 Å². The second-order valence-corrected chi connectivity index (χ2v) is 7.42. The smallest absolute Gasteiger partial charge is 0.233 e. The lowest BCUT2D eigenvalue weighted by atomic mass is 10.1. The van der Waals surface area contributed by atoms with E-state index in [4.69, 9.17) is 6.42 Å². The largest absolute Gasteiger partial charge is 0.350 e. The molecule has 2 fully saturated rings. The first kappa shape index (κ1) is 16.8. The van der Waals surface area contributed by atoms with Crippen molar-refractivity contribution in [3.8, 4) is 12.3 Å². The van der Waals surface area contributed by atoms with Crippen LogP contribution in [0.3, 0.4) is 0 Å². The van der Waals surface area contributed by atoms with Crippen LogP contribution in [0.4, 0.5) is 17.7 Å². The lowest BCUT2D eigenvalue weighted by Crippen LogP contribution is -2.09. The lowest BCUT2D eigenvalue weighted by molar-refractivity contribution is 0.885. The van der Waals surface area contributed by atoms with E-state index in [1.165, 1.54) is 18.5 Å². The number of aromatic amines is 1. The summed E-state index contributed by atoms with van der Waals surface area (Å²) >= 11 is 0. The second-order valence-electron chi connectivity index (χ2n) is 7.42. The summed E-state index contributed by atoms with van der Waals surface area (Å²) in [5.41, 5.74) is 3.16. The van der Waals surface area contributed by atoms with E-state index in [0.717, 1.165) is 35.6 Å². The predicted octanol–water partition coefficient (Wildman–Crippen LogP) is 3.69. The van der Waals surface area contributed by atoms with E-state index in [0.29, 0.717) is 30.3 Å². The van der Waals surface area contributed by atoms with E-state index in [2.05, 4.69) is 41.7 Å². The minimum Gasteiger partial charge on any atom is -0.350 e. The molecule has 140 valence electrons. The fraction of sp³-hybridized carbons (Fsp3) is 0.333. The van der Waals surface area contributed by atoms with Gasteiger partial charge in [-0.3, -0.25) is 5.10 Å². The average molecular weight is 371 g/mol. The van der Waals surface area contributed by atoms with Crippen LogP contribution >= 0.6 is 0 Å². The number of H-pyrrole nitrogens is 1. The molecular formula is C21H21N7. The van der Waals surface area contributed by atoms with Crippen LogP contribution in [0.2, 0.25) is 0 Å². The van der Waals surface area contributed by atoms with Gasteiger partial charge in [0.25, 0.3) is 0 Å². The Balaban J connectivity index is 1.32. The maximum absolute atomic E-state index is 5.41. The summed E-state index contributed by atoms with van der Waals surface area (Å²) in [4.78, 5) is 13.7. The first-order chi connectivity index (χ1) is 13.8. The number of benzene rings is 1. The molecule has 2 aliphatic carbocycles. The molecule has 5 rings (SSSR count). The molecule has 0 atom stereocenters. The zero-order chi connectivity index (χ0) is 18.9. The van der Waals surface area contributed by atoms with Crippen LogP contribution in [0.25, 0.3) is 0 Å². The van der Waals surface area contributed by atoms with Crippen molar-refractivity contribution < 1.29 is 0 Å². The van der Waals surface area contributed by atoms with Crippen molar-refractivity contribution in [2.24, 2.45) is 0 Å². The number of hydrogen-bond acceptors (Lipinski definition) is 6. The van der Waals surface area contributed by atoms with Crippen LogP contribution in [0.5, 0.6) is 0 Å². The molecule has 2 aliphatic rings. The van der Waals surface area contributed by atoms with Gasteiger partial charge in [0.2, 0.25) is 11.9 Å². The van der Waals surface area contributed by atoms with E-state index in [9.17, 15) is 0 Å². The average Bonchev–Trinajstić information content (AvgIpc) is 3.65. The van der Waals surface area contributed by atoms with Gasteiger partial charge in [-0.25, -0.2) is 0 Å². The van der Waals surface area contributed by atoms with Gasteiger partial charge in [0.15, 0.2) is 5.82 Å². The number of nitrogens with one attached hydrogen (secondary N) is 3. The summed E-state index contributed by atoms with van der Waals surface area (Å²) in [7, 11) is 0. The maximum Gasteiger partial charge on any atom is 0.233 e. The minimum absolute atomic E-state index is 0.431. The summed E-state index contributed by atoms with van der Waals surface area (Å²) in [6.45, 7) is 0.618. The van der Waals surface area contributed by atoms with Gasteiger partial charge in [-0.2, -0.15) is 20.1 Å². The van der Waals surface area contributed by atoms with Gasteiger partial charge in [-0.15, -0.1) is 6.42 Å². The van der Waals surface area contributed by atoms with E-state index < -0.39 is 0 Å². The van der Waals surface area contributed by atoms with Crippen molar-refractivity contribution in [2.75, 3.05) is 10.6 Å². The molecule has 0 unspecified atom stereocenters. The molecule has 0 radical (unpaired) electrons. The number of hydrogen-bond donors (Lipinski definition) is 3. The van der Waals surface area contributed by atoms with Gasteiger partial charge < -0.3 is 10.6 Å². The molecular weight excluding hydrogens is 350 g/mol. The van der Waals surface area contributed by atoms with Crippen molar-refractivity contribution in [2.45, 2.75) is 44.1 Å². The predicted molar refractivity (Wildman–Crippen MR) is 107 cm³/mol. The standard InChI is InChI=1S/C21H21N7/c1-2-13-3-5-14(6-4-13)12-22-20-24-19(16-9-10-16)25-21(26-20)23-18-11-17(27-28-18)15-7-8-15/h1,3-6,11,15-16H,7-10,12H2,(H3,22,23,24,25,26,27,28). The normalized spacial score (nSPS) is 15.8. The summed E-state index contributed by atoms with van der Waals surface area (Å²) in [6, 6.07) is 9.92. The van der Waals surface area contributed by atoms with Gasteiger partial charge >= 0.3 is 0 Å². The first-order valence-electron chi connectivity index (χ1n) is 9.64. The summed E-state index contributed by atoms with van der Waals surface area (Å²) in [5.74, 6) is 6.35. The Labute approximate surface area is 163 Å². The van der Waals surface area contributed by atoms with Gasteiger partial charge in [0.05, 0.1) is 0 Å². The van der Waals surface area contributed by atoms with Crippen LogP contribution in [-0.4, -0.2) is 25.1 Å². The third-order valence-electron chi connectivity index (χ3n) is 5.02. The molecule has 3 aromatic rings.